The number of nitrogens with zero attached hydrogens (tertiary/aromatic N) is 2. The Hall–Kier alpha value is -0.810. The van der Waals surface area contributed by atoms with E-state index in [-0.39, 0.29) is 12.1 Å². The molecule has 2 rings (SSSR count). The number of ether oxygens (including phenoxy) is 1. The van der Waals surface area contributed by atoms with Gasteiger partial charge in [0.1, 0.15) is 5.60 Å². The third-order valence-corrected chi connectivity index (χ3v) is 3.94. The Bertz CT molecular complexity index is 327. The standard InChI is InChI=1S/C14H27N3O2/c1-14(2,3)19-13(18)17-10-11-6-4-5-7-16(11)9-12(17)8-15/h11-12H,4-10,15H2,1-3H3/t11-,12-/m0/s1. The van der Waals surface area contributed by atoms with Gasteiger partial charge in [-0.1, -0.05) is 6.42 Å². The second-order valence-corrected chi connectivity index (χ2v) is 6.67. The van der Waals surface area contributed by atoms with Crippen LogP contribution < -0.4 is 5.73 Å². The molecule has 0 aliphatic carbocycles. The van der Waals surface area contributed by atoms with Crippen molar-refractivity contribution in [3.8, 4) is 0 Å². The molecule has 5 heteroatoms. The highest BCUT2D eigenvalue weighted by atomic mass is 16.6. The first-order valence-corrected chi connectivity index (χ1v) is 7.34. The molecular weight excluding hydrogens is 242 g/mol. The van der Waals surface area contributed by atoms with Crippen LogP contribution in [0.25, 0.3) is 0 Å². The maximum atomic E-state index is 12.3. The monoisotopic (exact) mass is 269 g/mol. The molecule has 0 aromatic carbocycles. The lowest BCUT2D eigenvalue weighted by Crippen LogP contribution is -2.63. The van der Waals surface area contributed by atoms with Gasteiger partial charge in [0.25, 0.3) is 0 Å². The van der Waals surface area contributed by atoms with Crippen LogP contribution in [0.15, 0.2) is 0 Å². The van der Waals surface area contributed by atoms with Gasteiger partial charge in [0.05, 0.1) is 6.04 Å². The number of fused-ring (bicyclic) bond motifs is 1. The predicted octanol–water partition coefficient (Wildman–Crippen LogP) is 1.42. The topological polar surface area (TPSA) is 58.8 Å². The van der Waals surface area contributed by atoms with Gasteiger partial charge in [-0.2, -0.15) is 0 Å². The lowest BCUT2D eigenvalue weighted by atomic mass is 9.97. The smallest absolute Gasteiger partial charge is 0.410 e. The van der Waals surface area contributed by atoms with E-state index in [0.717, 1.165) is 19.6 Å². The van der Waals surface area contributed by atoms with E-state index in [9.17, 15) is 4.79 Å². The number of piperazine rings is 1. The molecule has 0 saturated carbocycles. The molecule has 2 aliphatic rings. The normalized spacial score (nSPS) is 28.9. The third-order valence-electron chi connectivity index (χ3n) is 3.94. The van der Waals surface area contributed by atoms with E-state index in [1.165, 1.54) is 19.3 Å². The van der Waals surface area contributed by atoms with Crippen LogP contribution in [-0.4, -0.2) is 59.8 Å². The average molecular weight is 269 g/mol. The Balaban J connectivity index is 2.03. The van der Waals surface area contributed by atoms with Crippen molar-refractivity contribution >= 4 is 6.09 Å². The third kappa shape index (κ3) is 3.60. The number of carbonyl (C=O) groups is 1. The Morgan fingerprint density at radius 3 is 2.68 bits per heavy atom. The number of piperidine rings is 1. The van der Waals surface area contributed by atoms with Crippen LogP contribution in [0.2, 0.25) is 0 Å². The molecule has 0 unspecified atom stereocenters. The van der Waals surface area contributed by atoms with E-state index < -0.39 is 5.60 Å². The lowest BCUT2D eigenvalue weighted by Gasteiger charge is -2.48. The van der Waals surface area contributed by atoms with Crippen molar-refractivity contribution in [3.63, 3.8) is 0 Å². The van der Waals surface area contributed by atoms with Gasteiger partial charge >= 0.3 is 6.09 Å². The number of hydrogen-bond acceptors (Lipinski definition) is 4. The Morgan fingerprint density at radius 2 is 2.05 bits per heavy atom. The summed E-state index contributed by atoms with van der Waals surface area (Å²) in [6.45, 7) is 9.00. The molecule has 110 valence electrons. The molecule has 19 heavy (non-hydrogen) atoms. The van der Waals surface area contributed by atoms with Crippen molar-refractivity contribution in [2.24, 2.45) is 5.73 Å². The first-order valence-electron chi connectivity index (χ1n) is 7.34. The van der Waals surface area contributed by atoms with Crippen LogP contribution in [-0.2, 0) is 4.74 Å². The van der Waals surface area contributed by atoms with Gasteiger partial charge in [-0.05, 0) is 40.2 Å². The molecule has 0 aromatic heterocycles. The fourth-order valence-corrected chi connectivity index (χ4v) is 3.00. The van der Waals surface area contributed by atoms with Gasteiger partial charge in [0.2, 0.25) is 0 Å². The summed E-state index contributed by atoms with van der Waals surface area (Å²) in [4.78, 5) is 16.6. The summed E-state index contributed by atoms with van der Waals surface area (Å²) in [5, 5.41) is 0. The zero-order chi connectivity index (χ0) is 14.0. The molecule has 0 spiro atoms. The molecule has 2 fully saturated rings. The highest BCUT2D eigenvalue weighted by Gasteiger charge is 2.38. The number of carbonyl (C=O) groups excluding carboxylic acids is 1. The van der Waals surface area contributed by atoms with Crippen LogP contribution in [0, 0.1) is 0 Å². The summed E-state index contributed by atoms with van der Waals surface area (Å²) in [5.41, 5.74) is 5.40. The van der Waals surface area contributed by atoms with Gasteiger partial charge in [-0.3, -0.25) is 4.90 Å². The van der Waals surface area contributed by atoms with Gasteiger partial charge in [-0.15, -0.1) is 0 Å². The predicted molar refractivity (Wildman–Crippen MR) is 75.0 cm³/mol. The molecule has 2 atom stereocenters. The van der Waals surface area contributed by atoms with Gasteiger partial charge < -0.3 is 15.4 Å². The van der Waals surface area contributed by atoms with Crippen LogP contribution in [0.1, 0.15) is 40.0 Å². The first kappa shape index (κ1) is 14.6. The SMILES string of the molecule is CC(C)(C)OC(=O)N1C[C@@H]2CCCCN2C[C@@H]1CN. The summed E-state index contributed by atoms with van der Waals surface area (Å²) in [7, 11) is 0. The number of nitrogens with two attached hydrogens (primary N) is 1. The molecule has 2 aliphatic heterocycles. The van der Waals surface area contributed by atoms with Crippen molar-refractivity contribution in [1.82, 2.24) is 9.80 Å². The lowest BCUT2D eigenvalue weighted by molar-refractivity contribution is -0.0217. The zero-order valence-electron chi connectivity index (χ0n) is 12.4. The molecule has 0 radical (unpaired) electrons. The van der Waals surface area contributed by atoms with Crippen LogP contribution in [0.5, 0.6) is 0 Å². The molecule has 0 aromatic rings. The second kappa shape index (κ2) is 5.67. The van der Waals surface area contributed by atoms with Crippen LogP contribution in [0.3, 0.4) is 0 Å². The first-order chi connectivity index (χ1) is 8.90. The molecule has 1 amide bonds. The average Bonchev–Trinajstić information content (AvgIpc) is 2.35. The fourth-order valence-electron chi connectivity index (χ4n) is 3.00. The fraction of sp³-hybridized carbons (Fsp3) is 0.929. The maximum absolute atomic E-state index is 12.3. The van der Waals surface area contributed by atoms with Crippen molar-refractivity contribution in [3.05, 3.63) is 0 Å². The second-order valence-electron chi connectivity index (χ2n) is 6.67. The maximum Gasteiger partial charge on any atom is 0.410 e. The molecule has 2 heterocycles. The Labute approximate surface area is 116 Å². The van der Waals surface area contributed by atoms with E-state index in [0.29, 0.717) is 12.6 Å². The summed E-state index contributed by atoms with van der Waals surface area (Å²) in [6.07, 6.45) is 3.49. The minimum atomic E-state index is -0.445. The number of rotatable bonds is 1. The van der Waals surface area contributed by atoms with E-state index >= 15 is 0 Å². The number of hydrogen-bond donors (Lipinski definition) is 1. The van der Waals surface area contributed by atoms with Crippen molar-refractivity contribution in [2.75, 3.05) is 26.2 Å². The summed E-state index contributed by atoms with van der Waals surface area (Å²) < 4.78 is 5.50. The molecule has 2 N–H and O–H groups in total. The zero-order valence-corrected chi connectivity index (χ0v) is 12.4. The van der Waals surface area contributed by atoms with Crippen molar-refractivity contribution < 1.29 is 9.53 Å². The quantitative estimate of drug-likeness (QED) is 0.782. The largest absolute Gasteiger partial charge is 0.444 e. The molecular formula is C14H27N3O2. The van der Waals surface area contributed by atoms with E-state index in [2.05, 4.69) is 4.90 Å². The minimum absolute atomic E-state index is 0.0872. The highest BCUT2D eigenvalue weighted by Crippen LogP contribution is 2.25. The van der Waals surface area contributed by atoms with Crippen LogP contribution in [0.4, 0.5) is 4.79 Å². The van der Waals surface area contributed by atoms with Crippen LogP contribution >= 0.6 is 0 Å². The summed E-state index contributed by atoms with van der Waals surface area (Å²) in [6, 6.07) is 0.577. The van der Waals surface area contributed by atoms with Crippen molar-refractivity contribution in [2.45, 2.75) is 57.7 Å². The van der Waals surface area contributed by atoms with E-state index in [1.807, 2.05) is 25.7 Å². The highest BCUT2D eigenvalue weighted by molar-refractivity contribution is 5.69. The molecule has 5 nitrogen and oxygen atoms in total. The molecule has 0 bridgehead atoms. The van der Waals surface area contributed by atoms with Crippen molar-refractivity contribution in [1.29, 1.82) is 0 Å². The van der Waals surface area contributed by atoms with Gasteiger partial charge in [0.15, 0.2) is 0 Å². The van der Waals surface area contributed by atoms with Gasteiger partial charge in [0, 0.05) is 25.7 Å². The van der Waals surface area contributed by atoms with Gasteiger partial charge in [-0.25, -0.2) is 4.79 Å². The summed E-state index contributed by atoms with van der Waals surface area (Å²) in [5.74, 6) is 0. The Kier molecular flexibility index (Phi) is 4.36. The summed E-state index contributed by atoms with van der Waals surface area (Å²) >= 11 is 0. The number of amides is 1. The van der Waals surface area contributed by atoms with E-state index in [1.54, 1.807) is 0 Å². The van der Waals surface area contributed by atoms with E-state index in [4.69, 9.17) is 10.5 Å². The Morgan fingerprint density at radius 1 is 1.32 bits per heavy atom. The molecule has 2 saturated heterocycles. The minimum Gasteiger partial charge on any atom is -0.444 e.